The number of hydrogen-bond donors (Lipinski definition) is 1. The molecule has 0 radical (unpaired) electrons. The van der Waals surface area contributed by atoms with Crippen LogP contribution in [0.5, 0.6) is 0 Å². The minimum Gasteiger partial charge on any atom is -0.376 e. The first kappa shape index (κ1) is 18.6. The van der Waals surface area contributed by atoms with Crippen LogP contribution in [0.2, 0.25) is 0 Å². The molecule has 0 saturated carbocycles. The molecule has 140 valence electrons. The molecule has 1 aliphatic rings. The summed E-state index contributed by atoms with van der Waals surface area (Å²) in [6.45, 7) is 7.75. The van der Waals surface area contributed by atoms with Crippen LogP contribution < -0.4 is 5.32 Å². The van der Waals surface area contributed by atoms with Crippen molar-refractivity contribution in [2.75, 3.05) is 13.2 Å². The second-order valence-electron chi connectivity index (χ2n) is 7.31. The van der Waals surface area contributed by atoms with Crippen LogP contribution in [0.4, 0.5) is 0 Å². The molecule has 0 aliphatic carbocycles. The first-order valence-corrected chi connectivity index (χ1v) is 9.66. The van der Waals surface area contributed by atoms with Gasteiger partial charge in [-0.25, -0.2) is 4.68 Å². The number of carbonyl (C=O) groups is 1. The van der Waals surface area contributed by atoms with Crippen molar-refractivity contribution in [3.8, 4) is 5.69 Å². The summed E-state index contributed by atoms with van der Waals surface area (Å²) in [6.07, 6.45) is 3.77. The SMILES string of the molecule is CCc1c(C(=O)NC[C@@H]2CCCO2)c(CC(C)C)nn1-c1ccccc1. The molecule has 2 aromatic rings. The lowest BCUT2D eigenvalue weighted by Crippen LogP contribution is -2.32. The lowest BCUT2D eigenvalue weighted by molar-refractivity contribution is 0.0856. The van der Waals surface area contributed by atoms with Crippen LogP contribution >= 0.6 is 0 Å². The van der Waals surface area contributed by atoms with Crippen LogP contribution in [0.25, 0.3) is 5.69 Å². The van der Waals surface area contributed by atoms with Gasteiger partial charge in [0, 0.05) is 13.2 Å². The maximum absolute atomic E-state index is 13.0. The van der Waals surface area contributed by atoms with Crippen LogP contribution in [0.15, 0.2) is 30.3 Å². The summed E-state index contributed by atoms with van der Waals surface area (Å²) >= 11 is 0. The summed E-state index contributed by atoms with van der Waals surface area (Å²) in [5.74, 6) is 0.402. The second-order valence-corrected chi connectivity index (χ2v) is 7.31. The van der Waals surface area contributed by atoms with Crippen molar-refractivity contribution < 1.29 is 9.53 Å². The summed E-state index contributed by atoms with van der Waals surface area (Å²) in [5.41, 5.74) is 3.58. The molecule has 0 bridgehead atoms. The number of amides is 1. The van der Waals surface area contributed by atoms with Crippen molar-refractivity contribution in [2.24, 2.45) is 5.92 Å². The quantitative estimate of drug-likeness (QED) is 0.826. The van der Waals surface area contributed by atoms with Gasteiger partial charge < -0.3 is 10.1 Å². The van der Waals surface area contributed by atoms with E-state index in [0.29, 0.717) is 12.5 Å². The van der Waals surface area contributed by atoms with E-state index in [-0.39, 0.29) is 12.0 Å². The molecule has 26 heavy (non-hydrogen) atoms. The highest BCUT2D eigenvalue weighted by Crippen LogP contribution is 2.22. The lowest BCUT2D eigenvalue weighted by atomic mass is 10.0. The van der Waals surface area contributed by atoms with Crippen molar-refractivity contribution in [2.45, 2.75) is 52.6 Å². The first-order chi connectivity index (χ1) is 12.6. The van der Waals surface area contributed by atoms with E-state index in [2.05, 4.69) is 26.1 Å². The molecule has 1 aromatic heterocycles. The van der Waals surface area contributed by atoms with Gasteiger partial charge in [0.15, 0.2) is 0 Å². The summed E-state index contributed by atoms with van der Waals surface area (Å²) in [6, 6.07) is 10.0. The Kier molecular flexibility index (Phi) is 6.09. The molecule has 1 saturated heterocycles. The van der Waals surface area contributed by atoms with Crippen LogP contribution in [0.3, 0.4) is 0 Å². The Morgan fingerprint density at radius 1 is 1.35 bits per heavy atom. The molecule has 0 spiro atoms. The highest BCUT2D eigenvalue weighted by molar-refractivity contribution is 5.96. The van der Waals surface area contributed by atoms with E-state index >= 15 is 0 Å². The number of hydrogen-bond acceptors (Lipinski definition) is 3. The molecule has 5 heteroatoms. The zero-order chi connectivity index (χ0) is 18.5. The molecule has 5 nitrogen and oxygen atoms in total. The van der Waals surface area contributed by atoms with Crippen molar-refractivity contribution in [3.05, 3.63) is 47.3 Å². The number of para-hydroxylation sites is 1. The third-order valence-corrected chi connectivity index (χ3v) is 4.73. The van der Waals surface area contributed by atoms with Crippen LogP contribution in [0.1, 0.15) is 55.4 Å². The van der Waals surface area contributed by atoms with Gasteiger partial charge >= 0.3 is 0 Å². The number of aromatic nitrogens is 2. The van der Waals surface area contributed by atoms with Crippen molar-refractivity contribution in [1.29, 1.82) is 0 Å². The number of ether oxygens (including phenoxy) is 1. The number of carbonyl (C=O) groups excluding carboxylic acids is 1. The molecule has 1 N–H and O–H groups in total. The summed E-state index contributed by atoms with van der Waals surface area (Å²) < 4.78 is 7.56. The molecule has 1 atom stereocenters. The smallest absolute Gasteiger partial charge is 0.255 e. The van der Waals surface area contributed by atoms with E-state index in [1.807, 2.05) is 35.0 Å². The Labute approximate surface area is 155 Å². The van der Waals surface area contributed by atoms with Gasteiger partial charge in [-0.05, 0) is 43.7 Å². The molecule has 1 amide bonds. The van der Waals surface area contributed by atoms with Crippen molar-refractivity contribution in [3.63, 3.8) is 0 Å². The standard InChI is InChI=1S/C21H29N3O2/c1-4-19-20(21(25)22-14-17-11-8-12-26-17)18(13-15(2)3)23-24(19)16-9-6-5-7-10-16/h5-7,9-10,15,17H,4,8,11-14H2,1-3H3,(H,22,25)/t17-/m0/s1. The van der Waals surface area contributed by atoms with E-state index in [0.717, 1.165) is 54.9 Å². The zero-order valence-corrected chi connectivity index (χ0v) is 16.0. The predicted octanol–water partition coefficient (Wildman–Crippen LogP) is 3.54. The third kappa shape index (κ3) is 4.15. The number of rotatable bonds is 7. The Morgan fingerprint density at radius 3 is 2.73 bits per heavy atom. The second kappa shape index (κ2) is 8.49. The lowest BCUT2D eigenvalue weighted by Gasteiger charge is -2.12. The normalized spacial score (nSPS) is 17.0. The summed E-state index contributed by atoms with van der Waals surface area (Å²) in [4.78, 5) is 13.0. The average Bonchev–Trinajstić information content (AvgIpc) is 3.27. The van der Waals surface area contributed by atoms with Gasteiger partial charge in [0.1, 0.15) is 0 Å². The van der Waals surface area contributed by atoms with Gasteiger partial charge in [-0.15, -0.1) is 0 Å². The Hall–Kier alpha value is -2.14. The van der Waals surface area contributed by atoms with E-state index < -0.39 is 0 Å². The molecule has 1 aromatic carbocycles. The third-order valence-electron chi connectivity index (χ3n) is 4.73. The van der Waals surface area contributed by atoms with Gasteiger partial charge in [0.25, 0.3) is 5.91 Å². The molecular formula is C21H29N3O2. The molecule has 2 heterocycles. The van der Waals surface area contributed by atoms with Gasteiger partial charge in [-0.3, -0.25) is 4.79 Å². The average molecular weight is 355 g/mol. The van der Waals surface area contributed by atoms with E-state index in [1.54, 1.807) is 0 Å². The van der Waals surface area contributed by atoms with E-state index in [4.69, 9.17) is 9.84 Å². The molecule has 1 fully saturated rings. The first-order valence-electron chi connectivity index (χ1n) is 9.66. The Balaban J connectivity index is 1.92. The topological polar surface area (TPSA) is 56.1 Å². The highest BCUT2D eigenvalue weighted by atomic mass is 16.5. The monoisotopic (exact) mass is 355 g/mol. The Morgan fingerprint density at radius 2 is 2.12 bits per heavy atom. The summed E-state index contributed by atoms with van der Waals surface area (Å²) in [5, 5.41) is 7.89. The Bertz CT molecular complexity index is 731. The number of benzene rings is 1. The van der Waals surface area contributed by atoms with Crippen LogP contribution in [-0.4, -0.2) is 34.9 Å². The molecule has 3 rings (SSSR count). The van der Waals surface area contributed by atoms with Gasteiger partial charge in [-0.2, -0.15) is 5.10 Å². The highest BCUT2D eigenvalue weighted by Gasteiger charge is 2.25. The minimum atomic E-state index is -0.0322. The van der Waals surface area contributed by atoms with Crippen LogP contribution in [-0.2, 0) is 17.6 Å². The largest absolute Gasteiger partial charge is 0.376 e. The van der Waals surface area contributed by atoms with Gasteiger partial charge in [0.2, 0.25) is 0 Å². The fraction of sp³-hybridized carbons (Fsp3) is 0.524. The minimum absolute atomic E-state index is 0.0322. The predicted molar refractivity (Wildman–Crippen MR) is 103 cm³/mol. The fourth-order valence-electron chi connectivity index (χ4n) is 3.50. The summed E-state index contributed by atoms with van der Waals surface area (Å²) in [7, 11) is 0. The van der Waals surface area contributed by atoms with Gasteiger partial charge in [-0.1, -0.05) is 39.0 Å². The zero-order valence-electron chi connectivity index (χ0n) is 16.0. The fourth-order valence-corrected chi connectivity index (χ4v) is 3.50. The molecule has 0 unspecified atom stereocenters. The van der Waals surface area contributed by atoms with Gasteiger partial charge in [0.05, 0.1) is 28.7 Å². The van der Waals surface area contributed by atoms with Crippen molar-refractivity contribution in [1.82, 2.24) is 15.1 Å². The van der Waals surface area contributed by atoms with E-state index in [1.165, 1.54) is 0 Å². The maximum atomic E-state index is 13.0. The maximum Gasteiger partial charge on any atom is 0.255 e. The molecular weight excluding hydrogens is 326 g/mol. The number of nitrogens with one attached hydrogen (secondary N) is 1. The van der Waals surface area contributed by atoms with Crippen molar-refractivity contribution >= 4 is 5.91 Å². The van der Waals surface area contributed by atoms with E-state index in [9.17, 15) is 4.79 Å². The van der Waals surface area contributed by atoms with Crippen LogP contribution in [0, 0.1) is 5.92 Å². The molecule has 1 aliphatic heterocycles. The number of nitrogens with zero attached hydrogens (tertiary/aromatic N) is 2.